The summed E-state index contributed by atoms with van der Waals surface area (Å²) in [4.78, 5) is 19.8. The Balaban J connectivity index is 1.67. The van der Waals surface area contributed by atoms with Gasteiger partial charge in [-0.05, 0) is 36.4 Å². The van der Waals surface area contributed by atoms with Crippen LogP contribution in [0.25, 0.3) is 28.2 Å². The summed E-state index contributed by atoms with van der Waals surface area (Å²) in [7, 11) is 1.85. The van der Waals surface area contributed by atoms with Crippen LogP contribution in [-0.4, -0.2) is 25.5 Å². The van der Waals surface area contributed by atoms with Crippen LogP contribution in [-0.2, 0) is 7.05 Å². The van der Waals surface area contributed by atoms with E-state index < -0.39 is 0 Å². The largest absolute Gasteiger partial charge is 0.360 e. The number of H-pyrrole nitrogens is 1. The number of hydrogen-bond donors (Lipinski definition) is 1. The normalized spacial score (nSPS) is 11.5. The van der Waals surface area contributed by atoms with E-state index >= 15 is 0 Å². The lowest BCUT2D eigenvalue weighted by molar-refractivity contribution is 0.104. The van der Waals surface area contributed by atoms with Crippen molar-refractivity contribution in [3.8, 4) is 11.3 Å². The highest BCUT2D eigenvalue weighted by Gasteiger charge is 2.11. The molecule has 0 saturated heterocycles. The highest BCUT2D eigenvalue weighted by molar-refractivity contribution is 6.31. The first-order valence-corrected chi connectivity index (χ1v) is 8.43. The van der Waals surface area contributed by atoms with Crippen molar-refractivity contribution < 1.29 is 4.79 Å². The van der Waals surface area contributed by atoms with Crippen LogP contribution in [0.3, 0.4) is 0 Å². The van der Waals surface area contributed by atoms with Crippen LogP contribution in [0.2, 0.25) is 5.02 Å². The Labute approximate surface area is 154 Å². The molecule has 0 aliphatic carbocycles. The van der Waals surface area contributed by atoms with Crippen molar-refractivity contribution in [3.05, 3.63) is 77.3 Å². The third-order valence-corrected chi connectivity index (χ3v) is 4.37. The van der Waals surface area contributed by atoms with E-state index in [0.717, 1.165) is 27.7 Å². The van der Waals surface area contributed by atoms with Crippen molar-refractivity contribution in [2.45, 2.75) is 0 Å². The molecule has 4 aromatic rings. The Morgan fingerprint density at radius 3 is 2.85 bits per heavy atom. The molecule has 0 bridgehead atoms. The average Bonchev–Trinajstić information content (AvgIpc) is 3.23. The molecule has 0 aliphatic rings. The molecule has 0 spiro atoms. The lowest BCUT2D eigenvalue weighted by Crippen LogP contribution is -1.92. The number of ketones is 1. The standard InChI is InChI=1S/C20H15ClN4O/c1-25-12-14(20(24-25)13-6-8-22-9-7-13)2-5-19(26)17-11-23-18-10-15(21)3-4-16(17)18/h2-12,23H,1H3. The van der Waals surface area contributed by atoms with Gasteiger partial charge in [-0.1, -0.05) is 17.7 Å². The van der Waals surface area contributed by atoms with Crippen molar-refractivity contribution in [1.82, 2.24) is 19.7 Å². The number of fused-ring (bicyclic) bond motifs is 1. The van der Waals surface area contributed by atoms with E-state index in [9.17, 15) is 4.79 Å². The van der Waals surface area contributed by atoms with Crippen molar-refractivity contribution in [2.75, 3.05) is 0 Å². The first-order valence-electron chi connectivity index (χ1n) is 8.05. The second-order valence-electron chi connectivity index (χ2n) is 5.93. The van der Waals surface area contributed by atoms with Gasteiger partial charge in [0.2, 0.25) is 0 Å². The molecule has 3 heterocycles. The zero-order valence-electron chi connectivity index (χ0n) is 14.0. The van der Waals surface area contributed by atoms with Crippen LogP contribution in [0.15, 0.2) is 61.2 Å². The number of benzene rings is 1. The van der Waals surface area contributed by atoms with Crippen LogP contribution in [0.4, 0.5) is 0 Å². The molecule has 0 atom stereocenters. The highest BCUT2D eigenvalue weighted by Crippen LogP contribution is 2.24. The van der Waals surface area contributed by atoms with Crippen LogP contribution >= 0.6 is 11.6 Å². The minimum Gasteiger partial charge on any atom is -0.360 e. The number of rotatable bonds is 4. The first kappa shape index (κ1) is 16.3. The van der Waals surface area contributed by atoms with Gasteiger partial charge in [0.1, 0.15) is 0 Å². The molecule has 0 aliphatic heterocycles. The van der Waals surface area contributed by atoms with Crippen molar-refractivity contribution in [1.29, 1.82) is 0 Å². The topological polar surface area (TPSA) is 63.6 Å². The molecule has 4 rings (SSSR count). The molecule has 0 amide bonds. The summed E-state index contributed by atoms with van der Waals surface area (Å²) in [6.07, 6.45) is 10.4. The lowest BCUT2D eigenvalue weighted by atomic mass is 10.1. The molecule has 0 unspecified atom stereocenters. The first-order chi connectivity index (χ1) is 12.6. The Morgan fingerprint density at radius 2 is 2.04 bits per heavy atom. The fraction of sp³-hybridized carbons (Fsp3) is 0.0500. The minimum atomic E-state index is -0.0805. The molecule has 0 saturated carbocycles. The fourth-order valence-corrected chi connectivity index (χ4v) is 3.09. The number of nitrogens with one attached hydrogen (secondary N) is 1. The number of halogens is 1. The van der Waals surface area contributed by atoms with Gasteiger partial charge in [0.15, 0.2) is 5.78 Å². The van der Waals surface area contributed by atoms with Crippen molar-refractivity contribution in [3.63, 3.8) is 0 Å². The van der Waals surface area contributed by atoms with E-state index in [1.54, 1.807) is 47.6 Å². The molecule has 3 aromatic heterocycles. The summed E-state index contributed by atoms with van der Waals surface area (Å²) in [6.45, 7) is 0. The van der Waals surface area contributed by atoms with E-state index in [0.29, 0.717) is 10.6 Å². The minimum absolute atomic E-state index is 0.0805. The Bertz CT molecular complexity index is 1130. The van der Waals surface area contributed by atoms with E-state index in [1.807, 2.05) is 31.4 Å². The third-order valence-electron chi connectivity index (χ3n) is 4.13. The molecular weight excluding hydrogens is 348 g/mol. The maximum Gasteiger partial charge on any atom is 0.188 e. The molecule has 1 N–H and O–H groups in total. The van der Waals surface area contributed by atoms with Crippen LogP contribution in [0.1, 0.15) is 15.9 Å². The highest BCUT2D eigenvalue weighted by atomic mass is 35.5. The Hall–Kier alpha value is -3.18. The van der Waals surface area contributed by atoms with Gasteiger partial charge >= 0.3 is 0 Å². The van der Waals surface area contributed by atoms with Crippen molar-refractivity contribution >= 4 is 34.4 Å². The van der Waals surface area contributed by atoms with Gasteiger partial charge < -0.3 is 4.98 Å². The molecule has 5 nitrogen and oxygen atoms in total. The summed E-state index contributed by atoms with van der Waals surface area (Å²) in [5.74, 6) is -0.0805. The number of aromatic amines is 1. The summed E-state index contributed by atoms with van der Waals surface area (Å²) < 4.78 is 1.73. The number of nitrogens with zero attached hydrogens (tertiary/aromatic N) is 3. The van der Waals surface area contributed by atoms with Gasteiger partial charge in [0.05, 0.1) is 5.69 Å². The van der Waals surface area contributed by atoms with Gasteiger partial charge in [-0.2, -0.15) is 5.10 Å². The van der Waals surface area contributed by atoms with Crippen LogP contribution < -0.4 is 0 Å². The summed E-state index contributed by atoms with van der Waals surface area (Å²) >= 11 is 5.99. The monoisotopic (exact) mass is 362 g/mol. The molecule has 6 heteroatoms. The zero-order valence-corrected chi connectivity index (χ0v) is 14.7. The molecule has 0 radical (unpaired) electrons. The smallest absolute Gasteiger partial charge is 0.188 e. The second-order valence-corrected chi connectivity index (χ2v) is 6.37. The number of carbonyl (C=O) groups is 1. The number of hydrogen-bond acceptors (Lipinski definition) is 3. The van der Waals surface area contributed by atoms with Gasteiger partial charge in [0, 0.05) is 64.5 Å². The van der Waals surface area contributed by atoms with Gasteiger partial charge in [-0.25, -0.2) is 0 Å². The maximum absolute atomic E-state index is 12.7. The van der Waals surface area contributed by atoms with Crippen molar-refractivity contribution in [2.24, 2.45) is 7.05 Å². The second kappa shape index (κ2) is 6.61. The number of carbonyl (C=O) groups excluding carboxylic acids is 1. The molecular formula is C20H15ClN4O. The Kier molecular flexibility index (Phi) is 4.14. The fourth-order valence-electron chi connectivity index (χ4n) is 2.92. The number of aromatic nitrogens is 4. The summed E-state index contributed by atoms with van der Waals surface area (Å²) in [6, 6.07) is 9.22. The SMILES string of the molecule is Cn1cc(C=CC(=O)c2c[nH]c3cc(Cl)ccc23)c(-c2ccncc2)n1. The lowest BCUT2D eigenvalue weighted by Gasteiger charge is -1.98. The van der Waals surface area contributed by atoms with Gasteiger partial charge in [-0.15, -0.1) is 0 Å². The van der Waals surface area contributed by atoms with E-state index in [-0.39, 0.29) is 5.78 Å². The predicted octanol–water partition coefficient (Wildman–Crippen LogP) is 4.51. The number of allylic oxidation sites excluding steroid dienone is 1. The molecule has 1 aromatic carbocycles. The quantitative estimate of drug-likeness (QED) is 0.429. The number of pyridine rings is 1. The summed E-state index contributed by atoms with van der Waals surface area (Å²) in [5.41, 5.74) is 4.09. The van der Waals surface area contributed by atoms with Crippen LogP contribution in [0.5, 0.6) is 0 Å². The number of aryl methyl sites for hydroxylation is 1. The van der Waals surface area contributed by atoms with Gasteiger partial charge in [-0.3, -0.25) is 14.5 Å². The maximum atomic E-state index is 12.7. The van der Waals surface area contributed by atoms with E-state index in [1.165, 1.54) is 0 Å². The van der Waals surface area contributed by atoms with E-state index in [2.05, 4.69) is 15.1 Å². The summed E-state index contributed by atoms with van der Waals surface area (Å²) in [5, 5.41) is 5.97. The Morgan fingerprint density at radius 1 is 1.23 bits per heavy atom. The zero-order chi connectivity index (χ0) is 18.1. The van der Waals surface area contributed by atoms with E-state index in [4.69, 9.17) is 11.6 Å². The van der Waals surface area contributed by atoms with Gasteiger partial charge in [0.25, 0.3) is 0 Å². The molecule has 128 valence electrons. The predicted molar refractivity (Wildman–Crippen MR) is 103 cm³/mol. The third kappa shape index (κ3) is 3.05. The average molecular weight is 363 g/mol. The molecule has 0 fully saturated rings. The molecule has 26 heavy (non-hydrogen) atoms. The van der Waals surface area contributed by atoms with Crippen LogP contribution in [0, 0.1) is 0 Å².